The third-order valence-corrected chi connectivity index (χ3v) is 5.49. The third-order valence-electron chi connectivity index (χ3n) is 5.49. The maximum atomic E-state index is 13.4. The number of carbonyl (C=O) groups excluding carboxylic acids is 1. The van der Waals surface area contributed by atoms with Crippen LogP contribution in [0.5, 0.6) is 5.75 Å². The van der Waals surface area contributed by atoms with Crippen molar-refractivity contribution in [1.29, 1.82) is 0 Å². The van der Waals surface area contributed by atoms with Crippen LogP contribution in [0.3, 0.4) is 0 Å². The van der Waals surface area contributed by atoms with E-state index in [0.29, 0.717) is 57.3 Å². The predicted octanol–water partition coefficient (Wildman–Crippen LogP) is 1.77. The minimum atomic E-state index is -0.535. The summed E-state index contributed by atoms with van der Waals surface area (Å²) in [6, 6.07) is 6.59. The minimum Gasteiger partial charge on any atom is -0.507 e. The highest BCUT2D eigenvalue weighted by Crippen LogP contribution is 2.32. The number of aromatic hydroxyl groups is 1. The van der Waals surface area contributed by atoms with Gasteiger partial charge in [-0.05, 0) is 32.0 Å². The summed E-state index contributed by atoms with van der Waals surface area (Å²) in [4.78, 5) is 33.7. The Balaban J connectivity index is 1.99. The van der Waals surface area contributed by atoms with Crippen molar-refractivity contribution in [3.63, 3.8) is 0 Å². The van der Waals surface area contributed by atoms with Gasteiger partial charge in [0, 0.05) is 51.7 Å². The number of carbonyl (C=O) groups is 1. The number of pyridine rings is 2. The van der Waals surface area contributed by atoms with Crippen molar-refractivity contribution in [2.24, 2.45) is 0 Å². The second-order valence-electron chi connectivity index (χ2n) is 7.41. The Morgan fingerprint density at radius 3 is 2.61 bits per heavy atom. The summed E-state index contributed by atoms with van der Waals surface area (Å²) in [7, 11) is 1.58. The van der Waals surface area contributed by atoms with E-state index in [9.17, 15) is 14.7 Å². The number of piperazine rings is 1. The van der Waals surface area contributed by atoms with Crippen LogP contribution in [0.1, 0.15) is 29.9 Å². The number of methoxy groups -OCH3 is 1. The van der Waals surface area contributed by atoms with Crippen LogP contribution < -0.4 is 5.56 Å². The molecule has 0 radical (unpaired) electrons. The first-order chi connectivity index (χ1) is 15.0. The first kappa shape index (κ1) is 22.8. The molecule has 9 nitrogen and oxygen atoms in total. The van der Waals surface area contributed by atoms with Crippen molar-refractivity contribution >= 4 is 6.09 Å². The number of rotatable bonds is 7. The van der Waals surface area contributed by atoms with E-state index in [1.165, 1.54) is 0 Å². The van der Waals surface area contributed by atoms with Gasteiger partial charge in [0.15, 0.2) is 0 Å². The molecule has 168 valence electrons. The number of hydrogen-bond acceptors (Lipinski definition) is 7. The molecule has 0 unspecified atom stereocenters. The maximum absolute atomic E-state index is 13.4. The van der Waals surface area contributed by atoms with E-state index in [0.717, 1.165) is 0 Å². The molecule has 3 rings (SSSR count). The molecule has 1 atom stereocenters. The van der Waals surface area contributed by atoms with Crippen molar-refractivity contribution in [1.82, 2.24) is 19.4 Å². The lowest BCUT2D eigenvalue weighted by Gasteiger charge is -2.38. The topological polar surface area (TPSA) is 97.1 Å². The summed E-state index contributed by atoms with van der Waals surface area (Å²) < 4.78 is 11.9. The normalized spacial score (nSPS) is 15.6. The summed E-state index contributed by atoms with van der Waals surface area (Å²) >= 11 is 0. The van der Waals surface area contributed by atoms with Crippen LogP contribution in [0.4, 0.5) is 4.79 Å². The first-order valence-corrected chi connectivity index (χ1v) is 10.5. The van der Waals surface area contributed by atoms with Gasteiger partial charge in [0.1, 0.15) is 5.75 Å². The quantitative estimate of drug-likeness (QED) is 0.715. The molecule has 1 saturated heterocycles. The van der Waals surface area contributed by atoms with Crippen molar-refractivity contribution in [2.75, 3.05) is 46.5 Å². The van der Waals surface area contributed by atoms with Gasteiger partial charge in [-0.15, -0.1) is 0 Å². The minimum absolute atomic E-state index is 0.0559. The maximum Gasteiger partial charge on any atom is 0.409 e. The van der Waals surface area contributed by atoms with Crippen LogP contribution in [-0.2, 0) is 16.0 Å². The van der Waals surface area contributed by atoms with Gasteiger partial charge in [-0.3, -0.25) is 14.7 Å². The van der Waals surface area contributed by atoms with Crippen molar-refractivity contribution in [2.45, 2.75) is 26.4 Å². The third kappa shape index (κ3) is 5.05. The van der Waals surface area contributed by atoms with Crippen molar-refractivity contribution < 1.29 is 19.4 Å². The van der Waals surface area contributed by atoms with E-state index in [4.69, 9.17) is 9.47 Å². The largest absolute Gasteiger partial charge is 0.507 e. The van der Waals surface area contributed by atoms with E-state index in [2.05, 4.69) is 9.88 Å². The highest BCUT2D eigenvalue weighted by molar-refractivity contribution is 5.67. The number of ether oxygens (including phenoxy) is 2. The SMILES string of the molecule is CCOC(=O)N1CCN([C@H](c2ccccn2)c2c(O)cc(C)n(CCOC)c2=O)CC1. The van der Waals surface area contributed by atoms with Gasteiger partial charge >= 0.3 is 6.09 Å². The molecule has 0 spiro atoms. The van der Waals surface area contributed by atoms with E-state index < -0.39 is 6.04 Å². The molecular weight excluding hydrogens is 400 g/mol. The summed E-state index contributed by atoms with van der Waals surface area (Å²) in [6.45, 7) is 6.63. The van der Waals surface area contributed by atoms with E-state index in [1.807, 2.05) is 18.2 Å². The molecule has 1 fully saturated rings. The Kier molecular flexibility index (Phi) is 7.64. The molecule has 0 aromatic carbocycles. The van der Waals surface area contributed by atoms with Gasteiger partial charge in [0.05, 0.1) is 30.5 Å². The van der Waals surface area contributed by atoms with Gasteiger partial charge in [-0.1, -0.05) is 6.07 Å². The smallest absolute Gasteiger partial charge is 0.409 e. The average molecular weight is 431 g/mol. The Morgan fingerprint density at radius 2 is 2.00 bits per heavy atom. The van der Waals surface area contributed by atoms with Crippen molar-refractivity contribution in [3.8, 4) is 5.75 Å². The molecule has 0 saturated carbocycles. The number of aromatic nitrogens is 2. The van der Waals surface area contributed by atoms with Crippen LogP contribution >= 0.6 is 0 Å². The van der Waals surface area contributed by atoms with Crippen LogP contribution in [0, 0.1) is 6.92 Å². The zero-order valence-electron chi connectivity index (χ0n) is 18.3. The zero-order valence-corrected chi connectivity index (χ0v) is 18.3. The van der Waals surface area contributed by atoms with Gasteiger partial charge in [-0.25, -0.2) is 4.79 Å². The summed E-state index contributed by atoms with van der Waals surface area (Å²) in [5.74, 6) is -0.0559. The Morgan fingerprint density at radius 1 is 1.26 bits per heavy atom. The highest BCUT2D eigenvalue weighted by atomic mass is 16.6. The Hall–Kier alpha value is -2.91. The van der Waals surface area contributed by atoms with Gasteiger partial charge in [-0.2, -0.15) is 0 Å². The molecule has 31 heavy (non-hydrogen) atoms. The molecule has 9 heteroatoms. The summed E-state index contributed by atoms with van der Waals surface area (Å²) in [5.41, 5.74) is 1.35. The zero-order chi connectivity index (χ0) is 22.4. The number of amides is 1. The van der Waals surface area contributed by atoms with Crippen LogP contribution in [0.2, 0.25) is 0 Å². The molecule has 2 aromatic heterocycles. The molecule has 1 amide bonds. The van der Waals surface area contributed by atoms with Gasteiger partial charge in [0.25, 0.3) is 5.56 Å². The standard InChI is InChI=1S/C22H30N4O5/c1-4-31-22(29)25-11-9-24(10-12-25)20(17-7-5-6-8-23-17)19-18(27)15-16(2)26(21(19)28)13-14-30-3/h5-8,15,20,27H,4,9-14H2,1-3H3/t20-/m1/s1. The van der Waals surface area contributed by atoms with Crippen LogP contribution in [-0.4, -0.2) is 77.1 Å². The Labute approximate surface area is 181 Å². The number of aryl methyl sites for hydroxylation is 1. The van der Waals surface area contributed by atoms with Crippen LogP contribution in [0.15, 0.2) is 35.3 Å². The van der Waals surface area contributed by atoms with Gasteiger partial charge < -0.3 is 24.0 Å². The molecule has 1 aliphatic rings. The van der Waals surface area contributed by atoms with Gasteiger partial charge in [0.2, 0.25) is 0 Å². The molecular formula is C22H30N4O5. The number of hydrogen-bond donors (Lipinski definition) is 1. The fourth-order valence-electron chi connectivity index (χ4n) is 3.92. The monoisotopic (exact) mass is 430 g/mol. The fourth-order valence-corrected chi connectivity index (χ4v) is 3.92. The number of nitrogens with zero attached hydrogens (tertiary/aromatic N) is 4. The molecule has 1 aliphatic heterocycles. The first-order valence-electron chi connectivity index (χ1n) is 10.5. The fraction of sp³-hybridized carbons (Fsp3) is 0.500. The highest BCUT2D eigenvalue weighted by Gasteiger charge is 2.33. The summed E-state index contributed by atoms with van der Waals surface area (Å²) in [6.07, 6.45) is 1.34. The molecule has 1 N–H and O–H groups in total. The van der Waals surface area contributed by atoms with E-state index >= 15 is 0 Å². The molecule has 2 aromatic rings. The van der Waals surface area contributed by atoms with E-state index in [-0.39, 0.29) is 23.0 Å². The average Bonchev–Trinajstić information content (AvgIpc) is 2.77. The second-order valence-corrected chi connectivity index (χ2v) is 7.41. The lowest BCUT2D eigenvalue weighted by atomic mass is 10.00. The van der Waals surface area contributed by atoms with Crippen molar-refractivity contribution in [3.05, 3.63) is 57.8 Å². The lowest BCUT2D eigenvalue weighted by molar-refractivity contribution is 0.0703. The summed E-state index contributed by atoms with van der Waals surface area (Å²) in [5, 5.41) is 10.8. The predicted molar refractivity (Wildman–Crippen MR) is 115 cm³/mol. The molecule has 0 aliphatic carbocycles. The van der Waals surface area contributed by atoms with E-state index in [1.54, 1.807) is 42.7 Å². The Bertz CT molecular complexity index is 939. The lowest BCUT2D eigenvalue weighted by Crippen LogP contribution is -2.51. The molecule has 3 heterocycles. The second kappa shape index (κ2) is 10.4. The van der Waals surface area contributed by atoms with Crippen LogP contribution in [0.25, 0.3) is 0 Å². The molecule has 0 bridgehead atoms.